The molecule has 9 nitrogen and oxygen atoms in total. The fraction of sp³-hybridized carbons (Fsp3) is 0.0833. The molecule has 0 heterocycles. The van der Waals surface area contributed by atoms with Crippen LogP contribution in [0.3, 0.4) is 0 Å². The van der Waals surface area contributed by atoms with Gasteiger partial charge in [-0.3, -0.25) is 15.0 Å². The highest BCUT2D eigenvalue weighted by molar-refractivity contribution is 6.02. The predicted molar refractivity (Wildman–Crippen MR) is 125 cm³/mol. The molecule has 33 heavy (non-hydrogen) atoms. The van der Waals surface area contributed by atoms with Crippen molar-refractivity contribution < 1.29 is 19.5 Å². The molecule has 0 bridgehead atoms. The lowest BCUT2D eigenvalue weighted by molar-refractivity contribution is -0.118. The molecule has 0 spiro atoms. The van der Waals surface area contributed by atoms with Gasteiger partial charge in [0.05, 0.1) is 5.56 Å². The van der Waals surface area contributed by atoms with Crippen LogP contribution in [0.15, 0.2) is 78.9 Å². The molecule has 0 aromatic heterocycles. The summed E-state index contributed by atoms with van der Waals surface area (Å²) in [6.07, 6.45) is 0.260. The molecule has 3 aromatic rings. The molecule has 1 atom stereocenters. The van der Waals surface area contributed by atoms with Crippen LogP contribution < -0.4 is 21.7 Å². The molecule has 0 fully saturated rings. The third kappa shape index (κ3) is 6.66. The fourth-order valence-corrected chi connectivity index (χ4v) is 3.09. The van der Waals surface area contributed by atoms with Crippen molar-refractivity contribution >= 4 is 35.1 Å². The van der Waals surface area contributed by atoms with Crippen molar-refractivity contribution in [3.8, 4) is 0 Å². The number of anilines is 2. The number of carbonyl (C=O) groups is 3. The van der Waals surface area contributed by atoms with Gasteiger partial charge in [0.2, 0.25) is 5.91 Å². The summed E-state index contributed by atoms with van der Waals surface area (Å²) in [4.78, 5) is 36.8. The number of nitrogens with one attached hydrogen (secondary N) is 4. The van der Waals surface area contributed by atoms with Gasteiger partial charge in [-0.2, -0.15) is 0 Å². The Kier molecular flexibility index (Phi) is 7.38. The molecule has 9 heteroatoms. The maximum atomic E-state index is 13.0. The minimum absolute atomic E-state index is 0.0628. The summed E-state index contributed by atoms with van der Waals surface area (Å²) < 4.78 is 0. The van der Waals surface area contributed by atoms with Gasteiger partial charge in [-0.05, 0) is 54.1 Å². The van der Waals surface area contributed by atoms with Gasteiger partial charge in [0, 0.05) is 23.4 Å². The van der Waals surface area contributed by atoms with Crippen LogP contribution in [0.1, 0.15) is 26.3 Å². The van der Waals surface area contributed by atoms with E-state index >= 15 is 0 Å². The Morgan fingerprint density at radius 3 is 1.91 bits per heavy atom. The van der Waals surface area contributed by atoms with Crippen molar-refractivity contribution in [2.45, 2.75) is 12.5 Å². The van der Waals surface area contributed by atoms with Crippen LogP contribution >= 0.6 is 0 Å². The molecular weight excluding hydrogens is 422 g/mol. The van der Waals surface area contributed by atoms with E-state index in [4.69, 9.17) is 16.2 Å². The van der Waals surface area contributed by atoms with Crippen molar-refractivity contribution in [1.82, 2.24) is 5.32 Å². The summed E-state index contributed by atoms with van der Waals surface area (Å²) in [5.74, 6) is -2.20. The monoisotopic (exact) mass is 445 g/mol. The van der Waals surface area contributed by atoms with Gasteiger partial charge in [0.15, 0.2) is 5.96 Å². The van der Waals surface area contributed by atoms with Crippen LogP contribution in [0.5, 0.6) is 0 Å². The first-order valence-corrected chi connectivity index (χ1v) is 10.0. The molecule has 3 rings (SSSR count). The van der Waals surface area contributed by atoms with Crippen LogP contribution in [0, 0.1) is 5.41 Å². The number of hydrogen-bond donors (Lipinski definition) is 6. The molecular formula is C24H23N5O4. The first-order chi connectivity index (χ1) is 15.8. The summed E-state index contributed by atoms with van der Waals surface area (Å²) in [6.45, 7) is 0. The van der Waals surface area contributed by atoms with Crippen molar-refractivity contribution in [3.63, 3.8) is 0 Å². The van der Waals surface area contributed by atoms with Crippen LogP contribution in [0.4, 0.5) is 11.4 Å². The standard InChI is InChI=1S/C24H23N5O4/c25-24(26)28-19-12-10-18(11-13-19)27-22(31)20(14-15-4-2-1-3-5-15)29-21(30)16-6-8-17(9-7-16)23(32)33/h1-13,20H,14H2,(H,27,31)(H,29,30)(H,32,33)(H4,25,26,28)/t20-/m1/s1. The molecule has 0 aliphatic heterocycles. The van der Waals surface area contributed by atoms with Crippen LogP contribution in [0.2, 0.25) is 0 Å². The predicted octanol–water partition coefficient (Wildman–Crippen LogP) is 2.67. The SMILES string of the molecule is N=C(N)Nc1ccc(NC(=O)[C@@H](Cc2ccccc2)NC(=O)c2ccc(C(=O)O)cc2)cc1. The molecule has 0 unspecified atom stereocenters. The van der Waals surface area contributed by atoms with Crippen molar-refractivity contribution in [1.29, 1.82) is 5.41 Å². The molecule has 2 amide bonds. The Morgan fingerprint density at radius 1 is 0.818 bits per heavy atom. The number of rotatable bonds is 8. The number of carboxylic acid groups (broad SMARTS) is 1. The number of amides is 2. The van der Waals surface area contributed by atoms with E-state index in [-0.39, 0.29) is 23.5 Å². The zero-order chi connectivity index (χ0) is 23.8. The van der Waals surface area contributed by atoms with Crippen LogP contribution in [-0.4, -0.2) is 34.9 Å². The summed E-state index contributed by atoms with van der Waals surface area (Å²) in [5, 5.41) is 24.4. The topological polar surface area (TPSA) is 157 Å². The van der Waals surface area contributed by atoms with Gasteiger partial charge >= 0.3 is 5.97 Å². The number of carboxylic acids is 1. The Morgan fingerprint density at radius 2 is 1.36 bits per heavy atom. The average Bonchev–Trinajstić information content (AvgIpc) is 2.80. The zero-order valence-corrected chi connectivity index (χ0v) is 17.5. The molecule has 0 saturated heterocycles. The van der Waals surface area contributed by atoms with E-state index in [9.17, 15) is 14.4 Å². The minimum atomic E-state index is -1.09. The third-order valence-electron chi connectivity index (χ3n) is 4.73. The second kappa shape index (κ2) is 10.6. The lowest BCUT2D eigenvalue weighted by atomic mass is 10.0. The first kappa shape index (κ1) is 23.0. The highest BCUT2D eigenvalue weighted by Crippen LogP contribution is 2.15. The van der Waals surface area contributed by atoms with E-state index in [0.29, 0.717) is 11.4 Å². The van der Waals surface area contributed by atoms with Crippen LogP contribution in [0.25, 0.3) is 0 Å². The lowest BCUT2D eigenvalue weighted by Gasteiger charge is -2.19. The number of benzene rings is 3. The van der Waals surface area contributed by atoms with Gasteiger partial charge in [-0.25, -0.2) is 4.79 Å². The molecule has 168 valence electrons. The molecule has 0 aliphatic carbocycles. The fourth-order valence-electron chi connectivity index (χ4n) is 3.09. The van der Waals surface area contributed by atoms with E-state index in [1.807, 2.05) is 30.3 Å². The summed E-state index contributed by atoms with van der Waals surface area (Å²) in [7, 11) is 0. The Bertz CT molecular complexity index is 1150. The molecule has 0 saturated carbocycles. The van der Waals surface area contributed by atoms with Gasteiger partial charge < -0.3 is 26.8 Å². The van der Waals surface area contributed by atoms with E-state index in [1.54, 1.807) is 24.3 Å². The highest BCUT2D eigenvalue weighted by atomic mass is 16.4. The summed E-state index contributed by atoms with van der Waals surface area (Å²) in [5.41, 5.74) is 7.58. The van der Waals surface area contributed by atoms with Gasteiger partial charge in [-0.15, -0.1) is 0 Å². The number of guanidine groups is 1. The molecule has 0 radical (unpaired) electrons. The molecule has 7 N–H and O–H groups in total. The smallest absolute Gasteiger partial charge is 0.335 e. The zero-order valence-electron chi connectivity index (χ0n) is 17.5. The van der Waals surface area contributed by atoms with E-state index in [0.717, 1.165) is 5.56 Å². The maximum absolute atomic E-state index is 13.0. The van der Waals surface area contributed by atoms with Crippen molar-refractivity contribution in [2.75, 3.05) is 10.6 Å². The number of hydrogen-bond acceptors (Lipinski definition) is 4. The molecule has 0 aliphatic rings. The first-order valence-electron chi connectivity index (χ1n) is 10.0. The van der Waals surface area contributed by atoms with E-state index in [1.165, 1.54) is 24.3 Å². The largest absolute Gasteiger partial charge is 0.478 e. The van der Waals surface area contributed by atoms with Gasteiger partial charge in [0.25, 0.3) is 5.91 Å². The quantitative estimate of drug-likeness (QED) is 0.231. The normalized spacial score (nSPS) is 11.2. The Labute approximate surface area is 190 Å². The average molecular weight is 445 g/mol. The number of aromatic carboxylic acids is 1. The van der Waals surface area contributed by atoms with Crippen LogP contribution in [-0.2, 0) is 11.2 Å². The summed E-state index contributed by atoms with van der Waals surface area (Å²) in [6, 6.07) is 20.5. The maximum Gasteiger partial charge on any atom is 0.335 e. The third-order valence-corrected chi connectivity index (χ3v) is 4.73. The van der Waals surface area contributed by atoms with E-state index in [2.05, 4.69) is 16.0 Å². The number of nitrogens with two attached hydrogens (primary N) is 1. The lowest BCUT2D eigenvalue weighted by Crippen LogP contribution is -2.45. The van der Waals surface area contributed by atoms with Gasteiger partial charge in [0.1, 0.15) is 6.04 Å². The molecule has 3 aromatic carbocycles. The van der Waals surface area contributed by atoms with Gasteiger partial charge in [-0.1, -0.05) is 30.3 Å². The van der Waals surface area contributed by atoms with Crippen molar-refractivity contribution in [2.24, 2.45) is 5.73 Å². The minimum Gasteiger partial charge on any atom is -0.478 e. The Balaban J connectivity index is 1.75. The second-order valence-corrected chi connectivity index (χ2v) is 7.20. The van der Waals surface area contributed by atoms with E-state index < -0.39 is 23.8 Å². The highest BCUT2D eigenvalue weighted by Gasteiger charge is 2.22. The Hall–Kier alpha value is -4.66. The van der Waals surface area contributed by atoms with Crippen molar-refractivity contribution in [3.05, 3.63) is 95.6 Å². The summed E-state index contributed by atoms with van der Waals surface area (Å²) >= 11 is 0. The second-order valence-electron chi connectivity index (χ2n) is 7.20. The number of carbonyl (C=O) groups excluding carboxylic acids is 2.